The first-order valence-corrected chi connectivity index (χ1v) is 11.6. The van der Waals surface area contributed by atoms with Gasteiger partial charge in [-0.15, -0.1) is 0 Å². The zero-order chi connectivity index (χ0) is 27.7. The van der Waals surface area contributed by atoms with Crippen molar-refractivity contribution in [3.63, 3.8) is 0 Å². The van der Waals surface area contributed by atoms with Crippen molar-refractivity contribution in [2.75, 3.05) is 6.54 Å². The fourth-order valence-electron chi connectivity index (χ4n) is 3.31. The highest BCUT2D eigenvalue weighted by atomic mass is 35.5. The molecule has 3 rings (SSSR count). The highest BCUT2D eigenvalue weighted by Gasteiger charge is 2.40. The van der Waals surface area contributed by atoms with E-state index in [1.807, 2.05) is 50.4 Å². The lowest BCUT2D eigenvalue weighted by molar-refractivity contribution is -0.138. The molecule has 37 heavy (non-hydrogen) atoms. The lowest BCUT2D eigenvalue weighted by Gasteiger charge is -2.40. The number of aryl methyl sites for hydroxylation is 1. The molecule has 0 aliphatic rings. The molecular formula is C25H28ClF3N6O2. The van der Waals surface area contributed by atoms with Crippen LogP contribution in [0.1, 0.15) is 48.7 Å². The molecule has 2 N–H and O–H groups in total. The minimum Gasteiger partial charge on any atom is -0.387 e. The Morgan fingerprint density at radius 2 is 1.84 bits per heavy atom. The number of hydrogen-bond acceptors (Lipinski definition) is 6. The van der Waals surface area contributed by atoms with Gasteiger partial charge in [0, 0.05) is 17.4 Å². The van der Waals surface area contributed by atoms with E-state index in [1.165, 1.54) is 11.9 Å². The summed E-state index contributed by atoms with van der Waals surface area (Å²) in [5, 5.41) is 26.2. The smallest absolute Gasteiger partial charge is 0.387 e. The molecule has 0 aliphatic carbocycles. The molecule has 1 unspecified atom stereocenters. The standard InChI is InChI=1S/C16H22ClN3O.C9H6F3N3O/c1-15(2,3)16(21,10-20-12-18-11-19-20)9-8-13-4-6-14(17)7-5-13;10-9(11,12)7-1-3-14-5-6(7)8(16)15-4-2-13/h4-7,11-12,21H,8-10H2,1-3H3;1,3,5H,4H2,(H,15,16). The predicted molar refractivity (Wildman–Crippen MR) is 131 cm³/mol. The number of aliphatic hydroxyl groups is 1. The summed E-state index contributed by atoms with van der Waals surface area (Å²) in [5.74, 6) is -0.970. The summed E-state index contributed by atoms with van der Waals surface area (Å²) in [6.07, 6.45) is 1.71. The molecule has 2 heterocycles. The Morgan fingerprint density at radius 1 is 1.16 bits per heavy atom. The summed E-state index contributed by atoms with van der Waals surface area (Å²) in [5.41, 5.74) is -1.62. The number of amides is 1. The monoisotopic (exact) mass is 536 g/mol. The number of carbonyl (C=O) groups excluding carboxylic acids is 1. The molecule has 0 aliphatic heterocycles. The normalized spacial score (nSPS) is 13.1. The van der Waals surface area contributed by atoms with Crippen LogP contribution in [0, 0.1) is 16.7 Å². The maximum atomic E-state index is 12.5. The van der Waals surface area contributed by atoms with Crippen molar-refractivity contribution < 1.29 is 23.1 Å². The number of nitrogens with one attached hydrogen (secondary N) is 1. The van der Waals surface area contributed by atoms with E-state index in [9.17, 15) is 23.1 Å². The number of rotatable bonds is 7. The fraction of sp³-hybridized carbons (Fsp3) is 0.400. The lowest BCUT2D eigenvalue weighted by Crippen LogP contribution is -2.47. The second kappa shape index (κ2) is 12.7. The van der Waals surface area contributed by atoms with Gasteiger partial charge in [0.2, 0.25) is 0 Å². The van der Waals surface area contributed by atoms with Gasteiger partial charge in [-0.3, -0.25) is 14.5 Å². The summed E-state index contributed by atoms with van der Waals surface area (Å²) in [6, 6.07) is 10.1. The average Bonchev–Trinajstić information content (AvgIpc) is 3.34. The van der Waals surface area contributed by atoms with Crippen LogP contribution in [-0.2, 0) is 19.1 Å². The molecular weight excluding hydrogens is 509 g/mol. The number of aromatic nitrogens is 4. The van der Waals surface area contributed by atoms with E-state index < -0.39 is 28.8 Å². The maximum absolute atomic E-state index is 12.5. The van der Waals surface area contributed by atoms with Gasteiger partial charge < -0.3 is 10.4 Å². The van der Waals surface area contributed by atoms with Gasteiger partial charge in [-0.05, 0) is 42.0 Å². The zero-order valence-corrected chi connectivity index (χ0v) is 21.4. The Hall–Kier alpha value is -3.49. The number of nitrogens with zero attached hydrogens (tertiary/aromatic N) is 5. The molecule has 1 amide bonds. The van der Waals surface area contributed by atoms with E-state index in [0.29, 0.717) is 19.0 Å². The third-order valence-corrected chi connectivity index (χ3v) is 5.98. The zero-order valence-electron chi connectivity index (χ0n) is 20.6. The van der Waals surface area contributed by atoms with Gasteiger partial charge in [-0.1, -0.05) is 44.5 Å². The van der Waals surface area contributed by atoms with Gasteiger partial charge in [0.25, 0.3) is 5.91 Å². The van der Waals surface area contributed by atoms with Gasteiger partial charge in [0.15, 0.2) is 0 Å². The summed E-state index contributed by atoms with van der Waals surface area (Å²) in [7, 11) is 0. The van der Waals surface area contributed by atoms with Crippen molar-refractivity contribution >= 4 is 17.5 Å². The van der Waals surface area contributed by atoms with Gasteiger partial charge in [-0.2, -0.15) is 23.5 Å². The molecule has 12 heteroatoms. The molecule has 3 aromatic rings. The molecule has 198 valence electrons. The van der Waals surface area contributed by atoms with Crippen LogP contribution in [0.15, 0.2) is 55.4 Å². The van der Waals surface area contributed by atoms with Crippen LogP contribution in [-0.4, -0.2) is 42.9 Å². The predicted octanol–water partition coefficient (Wildman–Crippen LogP) is 4.70. The Balaban J connectivity index is 0.000000271. The Bertz CT molecular complexity index is 1190. The van der Waals surface area contributed by atoms with Crippen molar-refractivity contribution in [3.05, 3.63) is 77.1 Å². The van der Waals surface area contributed by atoms with Crippen LogP contribution in [0.4, 0.5) is 13.2 Å². The first kappa shape index (κ1) is 29.7. The summed E-state index contributed by atoms with van der Waals surface area (Å²) in [6.45, 7) is 6.22. The number of hydrogen-bond donors (Lipinski definition) is 2. The quantitative estimate of drug-likeness (QED) is 0.423. The number of carbonyl (C=O) groups is 1. The minimum absolute atomic E-state index is 0.259. The van der Waals surface area contributed by atoms with Gasteiger partial charge in [0.05, 0.1) is 29.3 Å². The van der Waals surface area contributed by atoms with Crippen LogP contribution in [0.3, 0.4) is 0 Å². The van der Waals surface area contributed by atoms with E-state index in [2.05, 4.69) is 15.1 Å². The van der Waals surface area contributed by atoms with Crippen molar-refractivity contribution in [2.45, 2.75) is 51.9 Å². The van der Waals surface area contributed by atoms with Crippen LogP contribution in [0.5, 0.6) is 0 Å². The van der Waals surface area contributed by atoms with E-state index >= 15 is 0 Å². The van der Waals surface area contributed by atoms with E-state index in [0.717, 1.165) is 23.8 Å². The largest absolute Gasteiger partial charge is 0.417 e. The third-order valence-electron chi connectivity index (χ3n) is 5.73. The van der Waals surface area contributed by atoms with E-state index in [-0.39, 0.29) is 12.0 Å². The molecule has 8 nitrogen and oxygen atoms in total. The number of nitriles is 1. The van der Waals surface area contributed by atoms with Crippen LogP contribution in [0.2, 0.25) is 5.02 Å². The fourth-order valence-corrected chi connectivity index (χ4v) is 3.44. The molecule has 2 aromatic heterocycles. The second-order valence-electron chi connectivity index (χ2n) is 9.26. The molecule has 0 bridgehead atoms. The lowest BCUT2D eigenvalue weighted by atomic mass is 9.73. The van der Waals surface area contributed by atoms with Gasteiger partial charge in [-0.25, -0.2) is 4.98 Å². The minimum atomic E-state index is -4.62. The summed E-state index contributed by atoms with van der Waals surface area (Å²) >= 11 is 5.90. The third kappa shape index (κ3) is 8.84. The van der Waals surface area contributed by atoms with E-state index in [4.69, 9.17) is 16.9 Å². The van der Waals surface area contributed by atoms with Gasteiger partial charge >= 0.3 is 6.18 Å². The maximum Gasteiger partial charge on any atom is 0.417 e. The number of benzene rings is 1. The molecule has 1 atom stereocenters. The van der Waals surface area contributed by atoms with Gasteiger partial charge in [0.1, 0.15) is 19.2 Å². The summed E-state index contributed by atoms with van der Waals surface area (Å²) < 4.78 is 39.1. The van der Waals surface area contributed by atoms with Crippen molar-refractivity contribution in [1.82, 2.24) is 25.1 Å². The van der Waals surface area contributed by atoms with Crippen LogP contribution in [0.25, 0.3) is 0 Å². The SMILES string of the molecule is CC(C)(C)C(O)(CCc1ccc(Cl)cc1)Cn1cncn1.N#CCNC(=O)c1cnccc1C(F)(F)F. The Kier molecular flexibility index (Phi) is 10.2. The van der Waals surface area contributed by atoms with E-state index in [1.54, 1.807) is 17.1 Å². The van der Waals surface area contributed by atoms with Crippen molar-refractivity contribution in [1.29, 1.82) is 5.26 Å². The average molecular weight is 537 g/mol. The number of halogens is 4. The van der Waals surface area contributed by atoms with Crippen LogP contribution >= 0.6 is 11.6 Å². The number of pyridine rings is 1. The molecule has 0 spiro atoms. The van der Waals surface area contributed by atoms with Crippen molar-refractivity contribution in [3.8, 4) is 6.07 Å². The first-order valence-electron chi connectivity index (χ1n) is 11.2. The van der Waals surface area contributed by atoms with Crippen LogP contribution < -0.4 is 5.32 Å². The molecule has 0 fully saturated rings. The Labute approximate surface area is 218 Å². The Morgan fingerprint density at radius 3 is 2.38 bits per heavy atom. The topological polar surface area (TPSA) is 117 Å². The number of alkyl halides is 3. The molecule has 0 saturated carbocycles. The second-order valence-corrected chi connectivity index (χ2v) is 9.70. The van der Waals surface area contributed by atoms with Crippen molar-refractivity contribution in [2.24, 2.45) is 5.41 Å². The molecule has 0 radical (unpaired) electrons. The highest BCUT2D eigenvalue weighted by molar-refractivity contribution is 6.30. The summed E-state index contributed by atoms with van der Waals surface area (Å²) in [4.78, 5) is 18.7. The molecule has 0 saturated heterocycles. The highest BCUT2D eigenvalue weighted by Crippen LogP contribution is 2.36. The molecule has 1 aromatic carbocycles. The first-order chi connectivity index (χ1) is 17.3.